The summed E-state index contributed by atoms with van der Waals surface area (Å²) in [6.45, 7) is 5.47. The Morgan fingerprint density at radius 2 is 1.82 bits per heavy atom. The van der Waals surface area contributed by atoms with Crippen molar-refractivity contribution >= 4 is 9.84 Å². The van der Waals surface area contributed by atoms with Crippen LogP contribution in [-0.2, 0) is 16.3 Å². The van der Waals surface area contributed by atoms with Crippen LogP contribution in [0, 0.1) is 5.92 Å². The molecule has 1 unspecified atom stereocenters. The molecule has 0 fully saturated rings. The fraction of sp³-hybridized carbons (Fsp3) is 0.538. The molecule has 0 spiro atoms. The van der Waals surface area contributed by atoms with Crippen molar-refractivity contribution in [3.63, 3.8) is 0 Å². The Hall–Kier alpha value is -0.870. The van der Waals surface area contributed by atoms with Crippen LogP contribution in [0.4, 0.5) is 0 Å². The van der Waals surface area contributed by atoms with E-state index in [0.29, 0.717) is 16.9 Å². The monoisotopic (exact) mass is 256 g/mol. The highest BCUT2D eigenvalue weighted by Crippen LogP contribution is 2.20. The third-order valence-corrected chi connectivity index (χ3v) is 4.71. The van der Waals surface area contributed by atoms with Gasteiger partial charge < -0.3 is 5.11 Å². The third-order valence-electron chi connectivity index (χ3n) is 2.89. The van der Waals surface area contributed by atoms with Crippen molar-refractivity contribution in [3.05, 3.63) is 29.8 Å². The molecule has 0 aromatic heterocycles. The first-order valence-electron chi connectivity index (χ1n) is 5.87. The van der Waals surface area contributed by atoms with Crippen LogP contribution >= 0.6 is 0 Å². The van der Waals surface area contributed by atoms with Crippen molar-refractivity contribution < 1.29 is 13.5 Å². The predicted octanol–water partition coefficient (Wildman–Crippen LogP) is 2.04. The summed E-state index contributed by atoms with van der Waals surface area (Å²) in [6, 6.07) is 6.90. The molecule has 0 amide bonds. The number of rotatable bonds is 5. The molecule has 0 bridgehead atoms. The highest BCUT2D eigenvalue weighted by Gasteiger charge is 2.19. The molecule has 1 aromatic rings. The minimum absolute atomic E-state index is 0.0851. The lowest BCUT2D eigenvalue weighted by Gasteiger charge is -2.16. The fourth-order valence-electron chi connectivity index (χ4n) is 1.59. The Kier molecular flexibility index (Phi) is 4.71. The van der Waals surface area contributed by atoms with E-state index >= 15 is 0 Å². The normalized spacial score (nSPS) is 13.9. The van der Waals surface area contributed by atoms with E-state index in [4.69, 9.17) is 0 Å². The van der Waals surface area contributed by atoms with Gasteiger partial charge in [-0.05, 0) is 24.0 Å². The van der Waals surface area contributed by atoms with E-state index in [1.165, 1.54) is 0 Å². The Labute approximate surface area is 103 Å². The quantitative estimate of drug-likeness (QED) is 0.877. The van der Waals surface area contributed by atoms with Gasteiger partial charge in [0.15, 0.2) is 9.84 Å². The molecule has 0 radical (unpaired) electrons. The van der Waals surface area contributed by atoms with E-state index in [0.717, 1.165) is 0 Å². The van der Waals surface area contributed by atoms with E-state index in [1.54, 1.807) is 31.2 Å². The van der Waals surface area contributed by atoms with E-state index < -0.39 is 15.9 Å². The summed E-state index contributed by atoms with van der Waals surface area (Å²) < 4.78 is 23.8. The van der Waals surface area contributed by atoms with E-state index in [9.17, 15) is 13.5 Å². The second kappa shape index (κ2) is 5.65. The van der Waals surface area contributed by atoms with Crippen molar-refractivity contribution in [3.8, 4) is 0 Å². The van der Waals surface area contributed by atoms with Gasteiger partial charge in [0.05, 0.1) is 16.8 Å². The van der Waals surface area contributed by atoms with E-state index in [2.05, 4.69) is 0 Å². The maximum atomic E-state index is 11.9. The Morgan fingerprint density at radius 1 is 1.24 bits per heavy atom. The lowest BCUT2D eigenvalue weighted by molar-refractivity contribution is 0.125. The minimum Gasteiger partial charge on any atom is -0.393 e. The van der Waals surface area contributed by atoms with E-state index in [1.807, 2.05) is 13.8 Å². The summed E-state index contributed by atoms with van der Waals surface area (Å²) >= 11 is 0. The molecule has 1 N–H and O–H groups in total. The zero-order valence-corrected chi connectivity index (χ0v) is 11.4. The topological polar surface area (TPSA) is 54.4 Å². The number of hydrogen-bond donors (Lipinski definition) is 1. The van der Waals surface area contributed by atoms with Crippen LogP contribution in [0.5, 0.6) is 0 Å². The SMILES string of the molecule is CCS(=O)(=O)c1ccccc1CC(O)C(C)C. The van der Waals surface area contributed by atoms with Crippen molar-refractivity contribution in [2.75, 3.05) is 5.75 Å². The summed E-state index contributed by atoms with van der Waals surface area (Å²) in [7, 11) is -3.21. The van der Waals surface area contributed by atoms with Gasteiger partial charge in [-0.2, -0.15) is 0 Å². The van der Waals surface area contributed by atoms with Crippen molar-refractivity contribution in [1.29, 1.82) is 0 Å². The summed E-state index contributed by atoms with van der Waals surface area (Å²) in [5.41, 5.74) is 0.704. The molecule has 0 saturated heterocycles. The number of aliphatic hydroxyl groups is 1. The van der Waals surface area contributed by atoms with Gasteiger partial charge in [-0.15, -0.1) is 0 Å². The van der Waals surface area contributed by atoms with Crippen LogP contribution in [-0.4, -0.2) is 25.4 Å². The molecule has 3 nitrogen and oxygen atoms in total. The molecule has 1 rings (SSSR count). The maximum absolute atomic E-state index is 11.9. The van der Waals surface area contributed by atoms with Crippen LogP contribution in [0.15, 0.2) is 29.2 Å². The highest BCUT2D eigenvalue weighted by molar-refractivity contribution is 7.91. The van der Waals surface area contributed by atoms with Crippen LogP contribution in [0.25, 0.3) is 0 Å². The molecule has 1 aromatic carbocycles. The molecule has 0 aliphatic carbocycles. The van der Waals surface area contributed by atoms with Crippen LogP contribution in [0.3, 0.4) is 0 Å². The lowest BCUT2D eigenvalue weighted by Crippen LogP contribution is -2.19. The first-order chi connectivity index (χ1) is 7.88. The molecule has 1 atom stereocenters. The molecule has 17 heavy (non-hydrogen) atoms. The largest absolute Gasteiger partial charge is 0.393 e. The molecule has 0 heterocycles. The molecule has 0 saturated carbocycles. The van der Waals surface area contributed by atoms with Gasteiger partial charge >= 0.3 is 0 Å². The molecule has 4 heteroatoms. The van der Waals surface area contributed by atoms with Crippen LogP contribution < -0.4 is 0 Å². The first kappa shape index (κ1) is 14.2. The smallest absolute Gasteiger partial charge is 0.178 e. The zero-order chi connectivity index (χ0) is 13.1. The molecule has 0 aliphatic heterocycles. The number of hydrogen-bond acceptors (Lipinski definition) is 3. The van der Waals surface area contributed by atoms with Gasteiger partial charge in [0.25, 0.3) is 0 Å². The highest BCUT2D eigenvalue weighted by atomic mass is 32.2. The average molecular weight is 256 g/mol. The van der Waals surface area contributed by atoms with E-state index in [-0.39, 0.29) is 11.7 Å². The Bertz CT molecular complexity index is 463. The second-order valence-corrected chi connectivity index (χ2v) is 6.77. The predicted molar refractivity (Wildman–Crippen MR) is 68.7 cm³/mol. The maximum Gasteiger partial charge on any atom is 0.178 e. The van der Waals surface area contributed by atoms with Gasteiger partial charge in [-0.3, -0.25) is 0 Å². The van der Waals surface area contributed by atoms with Gasteiger partial charge in [-0.25, -0.2) is 8.42 Å². The lowest BCUT2D eigenvalue weighted by atomic mass is 9.99. The van der Waals surface area contributed by atoms with Crippen molar-refractivity contribution in [1.82, 2.24) is 0 Å². The zero-order valence-electron chi connectivity index (χ0n) is 10.6. The van der Waals surface area contributed by atoms with Gasteiger partial charge in [0.2, 0.25) is 0 Å². The van der Waals surface area contributed by atoms with Crippen molar-refractivity contribution in [2.24, 2.45) is 5.92 Å². The summed E-state index contributed by atoms with van der Waals surface area (Å²) in [5.74, 6) is 0.203. The average Bonchev–Trinajstić information content (AvgIpc) is 2.29. The standard InChI is InChI=1S/C13H20O3S/c1-4-17(15,16)13-8-6-5-7-11(13)9-12(14)10(2)3/h5-8,10,12,14H,4,9H2,1-3H3. The molecular formula is C13H20O3S. The Morgan fingerprint density at radius 3 is 2.35 bits per heavy atom. The van der Waals surface area contributed by atoms with Crippen molar-refractivity contribution in [2.45, 2.75) is 38.2 Å². The summed E-state index contributed by atoms with van der Waals surface area (Å²) in [6.07, 6.45) is -0.129. The second-order valence-electron chi connectivity index (χ2n) is 4.53. The molecule has 96 valence electrons. The Balaban J connectivity index is 3.09. The summed E-state index contributed by atoms with van der Waals surface area (Å²) in [4.78, 5) is 0.349. The number of aliphatic hydroxyl groups excluding tert-OH is 1. The number of benzene rings is 1. The third kappa shape index (κ3) is 3.54. The van der Waals surface area contributed by atoms with Gasteiger partial charge in [0.1, 0.15) is 0 Å². The van der Waals surface area contributed by atoms with Crippen LogP contribution in [0.1, 0.15) is 26.3 Å². The summed E-state index contributed by atoms with van der Waals surface area (Å²) in [5, 5.41) is 9.85. The number of sulfone groups is 1. The van der Waals surface area contributed by atoms with Gasteiger partial charge in [0, 0.05) is 0 Å². The molecule has 0 aliphatic rings. The first-order valence-corrected chi connectivity index (χ1v) is 7.52. The molecular weight excluding hydrogens is 236 g/mol. The van der Waals surface area contributed by atoms with Gasteiger partial charge in [-0.1, -0.05) is 39.0 Å². The fourth-order valence-corrected chi connectivity index (χ4v) is 2.74. The minimum atomic E-state index is -3.21. The van der Waals surface area contributed by atoms with Crippen LogP contribution in [0.2, 0.25) is 0 Å².